The summed E-state index contributed by atoms with van der Waals surface area (Å²) in [4.78, 5) is 11.9. The fraction of sp³-hybridized carbons (Fsp3) is 0. The van der Waals surface area contributed by atoms with E-state index in [1.54, 1.807) is 24.3 Å². The fourth-order valence-electron chi connectivity index (χ4n) is 2.05. The lowest BCUT2D eigenvalue weighted by Gasteiger charge is -2.08. The van der Waals surface area contributed by atoms with E-state index in [1.165, 1.54) is 18.2 Å². The molecule has 3 nitrogen and oxygen atoms in total. The summed E-state index contributed by atoms with van der Waals surface area (Å²) in [6.07, 6.45) is 0. The van der Waals surface area contributed by atoms with Gasteiger partial charge >= 0.3 is 5.97 Å². The molecule has 24 heavy (non-hydrogen) atoms. The number of ether oxygens (including phenoxy) is 2. The minimum absolute atomic E-state index is 0.156. The number of esters is 1. The van der Waals surface area contributed by atoms with E-state index in [0.29, 0.717) is 11.5 Å². The number of benzene rings is 3. The van der Waals surface area contributed by atoms with Gasteiger partial charge in [-0.1, -0.05) is 24.3 Å². The minimum atomic E-state index is -1.10. The van der Waals surface area contributed by atoms with Gasteiger partial charge in [0.05, 0.1) is 0 Å². The molecule has 120 valence electrons. The second-order valence-electron chi connectivity index (χ2n) is 4.87. The molecule has 0 bridgehead atoms. The van der Waals surface area contributed by atoms with Crippen molar-refractivity contribution >= 4 is 5.97 Å². The quantitative estimate of drug-likeness (QED) is 0.501. The van der Waals surface area contributed by atoms with Gasteiger partial charge in [-0.3, -0.25) is 0 Å². The van der Waals surface area contributed by atoms with Gasteiger partial charge in [0, 0.05) is 0 Å². The Labute approximate surface area is 137 Å². The molecule has 0 aliphatic carbocycles. The summed E-state index contributed by atoms with van der Waals surface area (Å²) in [5, 5.41) is 0. The van der Waals surface area contributed by atoms with Crippen molar-refractivity contribution in [2.75, 3.05) is 0 Å². The van der Waals surface area contributed by atoms with E-state index >= 15 is 0 Å². The van der Waals surface area contributed by atoms with Crippen molar-refractivity contribution in [2.24, 2.45) is 0 Å². The molecule has 3 rings (SSSR count). The van der Waals surface area contributed by atoms with Crippen LogP contribution in [0.25, 0.3) is 0 Å². The molecule has 0 radical (unpaired) electrons. The molecule has 0 spiro atoms. The average Bonchev–Trinajstić information content (AvgIpc) is 2.57. The van der Waals surface area contributed by atoms with E-state index in [2.05, 4.69) is 0 Å². The highest BCUT2D eigenvalue weighted by Gasteiger charge is 2.19. The van der Waals surface area contributed by atoms with Crippen LogP contribution >= 0.6 is 0 Å². The number of para-hydroxylation sites is 1. The molecular formula is C19H12F2O3. The Morgan fingerprint density at radius 2 is 1.21 bits per heavy atom. The van der Waals surface area contributed by atoms with E-state index in [4.69, 9.17) is 9.47 Å². The van der Waals surface area contributed by atoms with E-state index in [1.807, 2.05) is 18.2 Å². The van der Waals surface area contributed by atoms with E-state index in [0.717, 1.165) is 12.1 Å². The molecule has 0 unspecified atom stereocenters. The first-order valence-corrected chi connectivity index (χ1v) is 7.12. The molecule has 0 saturated carbocycles. The first-order chi connectivity index (χ1) is 11.6. The largest absolute Gasteiger partial charge is 0.457 e. The van der Waals surface area contributed by atoms with Gasteiger partial charge in [0.2, 0.25) is 0 Å². The molecule has 5 heteroatoms. The monoisotopic (exact) mass is 326 g/mol. The molecule has 0 aromatic heterocycles. The maximum absolute atomic E-state index is 13.5. The van der Waals surface area contributed by atoms with Crippen LogP contribution in [-0.2, 0) is 0 Å². The van der Waals surface area contributed by atoms with Gasteiger partial charge in [-0.25, -0.2) is 13.6 Å². The maximum atomic E-state index is 13.5. The molecule has 0 aliphatic heterocycles. The number of hydrogen-bond donors (Lipinski definition) is 0. The third kappa shape index (κ3) is 3.57. The van der Waals surface area contributed by atoms with Crippen molar-refractivity contribution in [2.45, 2.75) is 0 Å². The molecule has 0 fully saturated rings. The Hall–Kier alpha value is -3.21. The Kier molecular flexibility index (Phi) is 4.52. The Balaban J connectivity index is 1.71. The minimum Gasteiger partial charge on any atom is -0.457 e. The topological polar surface area (TPSA) is 35.5 Å². The fourth-order valence-corrected chi connectivity index (χ4v) is 2.05. The van der Waals surface area contributed by atoms with Crippen LogP contribution in [-0.4, -0.2) is 5.97 Å². The molecular weight excluding hydrogens is 314 g/mol. The molecule has 0 amide bonds. The van der Waals surface area contributed by atoms with Crippen LogP contribution in [0, 0.1) is 11.6 Å². The predicted octanol–water partition coefficient (Wildman–Crippen LogP) is 4.98. The van der Waals surface area contributed by atoms with Crippen LogP contribution in [0.4, 0.5) is 8.78 Å². The Bertz CT molecular complexity index is 826. The smallest absolute Gasteiger partial charge is 0.349 e. The van der Waals surface area contributed by atoms with E-state index < -0.39 is 23.2 Å². The predicted molar refractivity (Wildman–Crippen MR) is 84.3 cm³/mol. The van der Waals surface area contributed by atoms with Crippen LogP contribution < -0.4 is 9.47 Å². The van der Waals surface area contributed by atoms with Crippen LogP contribution in [0.5, 0.6) is 17.2 Å². The molecule has 3 aromatic rings. The molecule has 0 heterocycles. The van der Waals surface area contributed by atoms with Gasteiger partial charge in [0.15, 0.2) is 0 Å². The number of carbonyl (C=O) groups is 1. The normalized spacial score (nSPS) is 10.2. The molecule has 0 N–H and O–H groups in total. The lowest BCUT2D eigenvalue weighted by Crippen LogP contribution is -2.13. The SMILES string of the molecule is O=C(Oc1ccc(Oc2ccccc2)cc1)c1c(F)cccc1F. The highest BCUT2D eigenvalue weighted by molar-refractivity contribution is 5.91. The summed E-state index contributed by atoms with van der Waals surface area (Å²) < 4.78 is 37.7. The van der Waals surface area contributed by atoms with Crippen molar-refractivity contribution in [3.8, 4) is 17.2 Å². The Morgan fingerprint density at radius 1 is 0.667 bits per heavy atom. The van der Waals surface area contributed by atoms with Crippen LogP contribution in [0.1, 0.15) is 10.4 Å². The van der Waals surface area contributed by atoms with Crippen molar-refractivity contribution in [3.63, 3.8) is 0 Å². The van der Waals surface area contributed by atoms with Crippen LogP contribution in [0.2, 0.25) is 0 Å². The summed E-state index contributed by atoms with van der Waals surface area (Å²) in [6, 6.07) is 18.5. The summed E-state index contributed by atoms with van der Waals surface area (Å²) in [5.41, 5.74) is -0.720. The van der Waals surface area contributed by atoms with Gasteiger partial charge in [-0.15, -0.1) is 0 Å². The van der Waals surface area contributed by atoms with E-state index in [9.17, 15) is 13.6 Å². The summed E-state index contributed by atoms with van der Waals surface area (Å²) in [6.45, 7) is 0. The highest BCUT2D eigenvalue weighted by atomic mass is 19.1. The zero-order chi connectivity index (χ0) is 16.9. The number of hydrogen-bond acceptors (Lipinski definition) is 3. The molecule has 0 atom stereocenters. The van der Waals surface area contributed by atoms with E-state index in [-0.39, 0.29) is 5.75 Å². The first kappa shape index (κ1) is 15.7. The molecule has 3 aromatic carbocycles. The van der Waals surface area contributed by atoms with Gasteiger partial charge < -0.3 is 9.47 Å². The summed E-state index contributed by atoms with van der Waals surface area (Å²) in [5.74, 6) is -1.67. The summed E-state index contributed by atoms with van der Waals surface area (Å²) >= 11 is 0. The van der Waals surface area contributed by atoms with Gasteiger partial charge in [0.1, 0.15) is 34.4 Å². The van der Waals surface area contributed by atoms with Crippen LogP contribution in [0.15, 0.2) is 72.8 Å². The van der Waals surface area contributed by atoms with Gasteiger partial charge in [0.25, 0.3) is 0 Å². The number of carbonyl (C=O) groups excluding carboxylic acids is 1. The van der Waals surface area contributed by atoms with Crippen molar-refractivity contribution in [1.29, 1.82) is 0 Å². The number of halogens is 2. The standard InChI is InChI=1S/C19H12F2O3/c20-16-7-4-8-17(21)18(16)19(22)24-15-11-9-14(10-12-15)23-13-5-2-1-3-6-13/h1-12H. The first-order valence-electron chi connectivity index (χ1n) is 7.12. The molecule has 0 aliphatic rings. The average molecular weight is 326 g/mol. The second-order valence-corrected chi connectivity index (χ2v) is 4.87. The third-order valence-electron chi connectivity index (χ3n) is 3.18. The lowest BCUT2D eigenvalue weighted by molar-refractivity contribution is 0.0724. The van der Waals surface area contributed by atoms with Gasteiger partial charge in [-0.2, -0.15) is 0 Å². The summed E-state index contributed by atoms with van der Waals surface area (Å²) in [7, 11) is 0. The second kappa shape index (κ2) is 6.91. The third-order valence-corrected chi connectivity index (χ3v) is 3.18. The van der Waals surface area contributed by atoms with Crippen molar-refractivity contribution in [1.82, 2.24) is 0 Å². The van der Waals surface area contributed by atoms with Crippen LogP contribution in [0.3, 0.4) is 0 Å². The molecule has 0 saturated heterocycles. The highest BCUT2D eigenvalue weighted by Crippen LogP contribution is 2.24. The lowest BCUT2D eigenvalue weighted by atomic mass is 10.2. The Morgan fingerprint density at radius 3 is 1.83 bits per heavy atom. The maximum Gasteiger partial charge on any atom is 0.349 e. The van der Waals surface area contributed by atoms with Crippen molar-refractivity contribution < 1.29 is 23.0 Å². The number of rotatable bonds is 4. The van der Waals surface area contributed by atoms with Crippen molar-refractivity contribution in [3.05, 3.63) is 90.0 Å². The zero-order valence-electron chi connectivity index (χ0n) is 12.4. The van der Waals surface area contributed by atoms with Gasteiger partial charge in [-0.05, 0) is 48.5 Å². The zero-order valence-corrected chi connectivity index (χ0v) is 12.4.